The van der Waals surface area contributed by atoms with E-state index in [2.05, 4.69) is 70.5 Å². The number of hydrogen-bond donors (Lipinski definition) is 2. The molecule has 26 heavy (non-hydrogen) atoms. The van der Waals surface area contributed by atoms with Crippen LogP contribution in [0.1, 0.15) is 42.7 Å². The molecular weight excluding hydrogens is 439 g/mol. The summed E-state index contributed by atoms with van der Waals surface area (Å²) in [5, 5.41) is 14.9. The summed E-state index contributed by atoms with van der Waals surface area (Å²) in [6, 6.07) is 8.80. The monoisotopic (exact) mass is 468 g/mol. The van der Waals surface area contributed by atoms with E-state index in [-0.39, 0.29) is 30.0 Å². The Morgan fingerprint density at radius 2 is 2.00 bits per heavy atom. The summed E-state index contributed by atoms with van der Waals surface area (Å²) >= 11 is 0. The lowest BCUT2D eigenvalue weighted by Gasteiger charge is -2.18. The Labute approximate surface area is 173 Å². The molecule has 0 amide bonds. The first-order chi connectivity index (χ1) is 12.0. The molecule has 2 rings (SSSR count). The molecule has 0 bridgehead atoms. The number of nitrogens with zero attached hydrogens (tertiary/aromatic N) is 4. The van der Waals surface area contributed by atoms with Gasteiger partial charge in [0.2, 0.25) is 0 Å². The molecule has 1 heterocycles. The van der Waals surface area contributed by atoms with Gasteiger partial charge in [-0.1, -0.05) is 37.3 Å². The van der Waals surface area contributed by atoms with Gasteiger partial charge in [-0.05, 0) is 31.4 Å². The van der Waals surface area contributed by atoms with E-state index in [1.54, 1.807) is 0 Å². The highest BCUT2D eigenvalue weighted by Crippen LogP contribution is 2.13. The van der Waals surface area contributed by atoms with Crippen molar-refractivity contribution < 1.29 is 0 Å². The van der Waals surface area contributed by atoms with Crippen LogP contribution in [0.25, 0.3) is 0 Å². The van der Waals surface area contributed by atoms with E-state index in [9.17, 15) is 0 Å². The number of benzene rings is 1. The van der Waals surface area contributed by atoms with E-state index < -0.39 is 0 Å². The maximum absolute atomic E-state index is 4.63. The topological polar surface area (TPSA) is 67.1 Å². The number of guanidine groups is 1. The van der Waals surface area contributed by atoms with E-state index >= 15 is 0 Å². The molecule has 0 saturated carbocycles. The van der Waals surface area contributed by atoms with Gasteiger partial charge in [0, 0.05) is 13.6 Å². The van der Waals surface area contributed by atoms with Crippen molar-refractivity contribution in [1.82, 2.24) is 25.4 Å². The van der Waals surface area contributed by atoms with Crippen LogP contribution in [-0.2, 0) is 20.0 Å². The number of nitrogens with one attached hydrogen (secondary N) is 2. The lowest BCUT2D eigenvalue weighted by molar-refractivity contribution is 0.684. The summed E-state index contributed by atoms with van der Waals surface area (Å²) in [7, 11) is 1.95. The quantitative estimate of drug-likeness (QED) is 0.283. The zero-order chi connectivity index (χ0) is 18.2. The second-order valence-corrected chi connectivity index (χ2v) is 6.02. The predicted octanol–water partition coefficient (Wildman–Crippen LogP) is 3.29. The molecule has 0 radical (unpaired) electrons. The lowest BCUT2D eigenvalue weighted by Crippen LogP contribution is -2.39. The Morgan fingerprint density at radius 3 is 2.54 bits per heavy atom. The Balaban J connectivity index is 0.00000338. The minimum Gasteiger partial charge on any atom is -0.353 e. The van der Waals surface area contributed by atoms with Gasteiger partial charge < -0.3 is 15.2 Å². The highest BCUT2D eigenvalue weighted by Gasteiger charge is 2.09. The van der Waals surface area contributed by atoms with Crippen LogP contribution in [0.3, 0.4) is 0 Å². The average molecular weight is 468 g/mol. The third-order valence-electron chi connectivity index (χ3n) is 4.22. The fraction of sp³-hybridized carbons (Fsp3) is 0.421. The van der Waals surface area contributed by atoms with E-state index in [1.807, 2.05) is 24.6 Å². The van der Waals surface area contributed by atoms with Gasteiger partial charge >= 0.3 is 0 Å². The van der Waals surface area contributed by atoms with Crippen molar-refractivity contribution in [2.75, 3.05) is 6.54 Å². The molecule has 7 heteroatoms. The van der Waals surface area contributed by atoms with Crippen molar-refractivity contribution in [3.63, 3.8) is 0 Å². The fourth-order valence-electron chi connectivity index (χ4n) is 2.39. The minimum absolute atomic E-state index is 0. The largest absolute Gasteiger partial charge is 0.353 e. The van der Waals surface area contributed by atoms with Crippen LogP contribution in [0.4, 0.5) is 0 Å². The lowest BCUT2D eigenvalue weighted by atomic mass is 10.1. The maximum atomic E-state index is 4.63. The number of halogens is 1. The number of aryl methyl sites for hydroxylation is 2. The normalized spacial score (nSPS) is 12.2. The summed E-state index contributed by atoms with van der Waals surface area (Å²) in [5.41, 5.74) is 2.56. The molecule has 0 saturated heterocycles. The van der Waals surface area contributed by atoms with Crippen LogP contribution in [0, 0.1) is 6.92 Å². The molecule has 2 aromatic rings. The van der Waals surface area contributed by atoms with Gasteiger partial charge in [-0.25, -0.2) is 4.99 Å². The highest BCUT2D eigenvalue weighted by molar-refractivity contribution is 14.0. The summed E-state index contributed by atoms with van der Waals surface area (Å²) in [4.78, 5) is 4.63. The van der Waals surface area contributed by atoms with Crippen LogP contribution in [0.15, 0.2) is 41.9 Å². The summed E-state index contributed by atoms with van der Waals surface area (Å²) in [6.07, 6.45) is 2.86. The first-order valence-electron chi connectivity index (χ1n) is 8.64. The van der Waals surface area contributed by atoms with Crippen molar-refractivity contribution in [2.45, 2.75) is 39.8 Å². The molecular formula is C19H29IN6. The number of hydrogen-bond acceptors (Lipinski definition) is 3. The Kier molecular flexibility index (Phi) is 9.32. The van der Waals surface area contributed by atoms with E-state index in [0.29, 0.717) is 13.1 Å². The van der Waals surface area contributed by atoms with Gasteiger partial charge in [-0.3, -0.25) is 0 Å². The van der Waals surface area contributed by atoms with Gasteiger partial charge in [0.1, 0.15) is 12.4 Å². The summed E-state index contributed by atoms with van der Waals surface area (Å²) in [5.74, 6) is 2.44. The smallest absolute Gasteiger partial charge is 0.192 e. The Hall–Kier alpha value is -1.90. The number of rotatable bonds is 7. The SMILES string of the molecule is C=CCNC(=NCc1nnc(C)n1C)NC(C)c1ccc(CC)cc1.I. The number of aliphatic imine (C=N–C) groups is 1. The first-order valence-corrected chi connectivity index (χ1v) is 8.64. The second-order valence-electron chi connectivity index (χ2n) is 6.02. The molecule has 0 aliphatic rings. The van der Waals surface area contributed by atoms with Crippen LogP contribution in [0.2, 0.25) is 0 Å². The van der Waals surface area contributed by atoms with Gasteiger partial charge in [-0.2, -0.15) is 0 Å². The Morgan fingerprint density at radius 1 is 1.31 bits per heavy atom. The molecule has 1 aromatic heterocycles. The zero-order valence-corrected chi connectivity index (χ0v) is 18.3. The van der Waals surface area contributed by atoms with Crippen LogP contribution in [0.5, 0.6) is 0 Å². The maximum Gasteiger partial charge on any atom is 0.192 e. The van der Waals surface area contributed by atoms with Crippen LogP contribution >= 0.6 is 24.0 Å². The van der Waals surface area contributed by atoms with Crippen molar-refractivity contribution in [3.05, 3.63) is 59.7 Å². The fourth-order valence-corrected chi connectivity index (χ4v) is 2.39. The standard InChI is InChI=1S/C19H28N6.HI/c1-6-12-20-19(21-13-18-24-23-15(4)25(18)5)22-14(3)17-10-8-16(7-2)9-11-17;/h6,8-11,14H,1,7,12-13H2,2-5H3,(H2,20,21,22);1H. The summed E-state index contributed by atoms with van der Waals surface area (Å²) in [6.45, 7) is 11.1. The molecule has 1 unspecified atom stereocenters. The second kappa shape index (κ2) is 10.9. The zero-order valence-electron chi connectivity index (χ0n) is 16.0. The minimum atomic E-state index is 0. The van der Waals surface area contributed by atoms with Crippen molar-refractivity contribution in [2.24, 2.45) is 12.0 Å². The van der Waals surface area contributed by atoms with Gasteiger partial charge in [0.25, 0.3) is 0 Å². The molecule has 0 fully saturated rings. The third-order valence-corrected chi connectivity index (χ3v) is 4.22. The van der Waals surface area contributed by atoms with Crippen LogP contribution < -0.4 is 10.6 Å². The van der Waals surface area contributed by atoms with Crippen molar-refractivity contribution >= 4 is 29.9 Å². The van der Waals surface area contributed by atoms with Gasteiger partial charge in [0.15, 0.2) is 11.8 Å². The molecule has 0 aliphatic heterocycles. The van der Waals surface area contributed by atoms with Gasteiger partial charge in [-0.15, -0.1) is 40.8 Å². The molecule has 1 atom stereocenters. The van der Waals surface area contributed by atoms with E-state index in [4.69, 9.17) is 0 Å². The van der Waals surface area contributed by atoms with Gasteiger partial charge in [0.05, 0.1) is 6.04 Å². The molecule has 0 spiro atoms. The molecule has 0 aliphatic carbocycles. The highest BCUT2D eigenvalue weighted by atomic mass is 127. The first kappa shape index (κ1) is 22.1. The van der Waals surface area contributed by atoms with E-state index in [0.717, 1.165) is 24.0 Å². The van der Waals surface area contributed by atoms with Crippen LogP contribution in [-0.4, -0.2) is 27.3 Å². The van der Waals surface area contributed by atoms with Crippen molar-refractivity contribution in [3.8, 4) is 0 Å². The molecule has 142 valence electrons. The third kappa shape index (κ3) is 6.12. The average Bonchev–Trinajstić information content (AvgIpc) is 2.95. The molecule has 6 nitrogen and oxygen atoms in total. The predicted molar refractivity (Wildman–Crippen MR) is 118 cm³/mol. The molecule has 1 aromatic carbocycles. The Bertz CT molecular complexity index is 720. The van der Waals surface area contributed by atoms with E-state index in [1.165, 1.54) is 11.1 Å². The van der Waals surface area contributed by atoms with Crippen molar-refractivity contribution in [1.29, 1.82) is 0 Å². The number of aromatic nitrogens is 3. The molecule has 2 N–H and O–H groups in total. The summed E-state index contributed by atoms with van der Waals surface area (Å²) < 4.78 is 1.95.